The van der Waals surface area contributed by atoms with E-state index in [2.05, 4.69) is 147 Å². The summed E-state index contributed by atoms with van der Waals surface area (Å²) in [7, 11) is 10.6. The fraction of sp³-hybridized carbons (Fsp3) is 0.429. The number of aliphatic hydroxyl groups excluding tert-OH is 1. The van der Waals surface area contributed by atoms with Gasteiger partial charge in [-0.15, -0.1) is 0 Å². The first-order chi connectivity index (χ1) is 48.5. The zero-order valence-corrected chi connectivity index (χ0v) is 64.5. The normalized spacial score (nSPS) is 15.0. The van der Waals surface area contributed by atoms with E-state index in [1.807, 2.05) is 47.2 Å². The Labute approximate surface area is 636 Å². The van der Waals surface area contributed by atoms with Crippen LogP contribution >= 0.6 is 83.5 Å². The smallest absolute Gasteiger partial charge is 0.229 e. The minimum Gasteiger partial charge on any atom is -0.412 e. The Morgan fingerprint density at radius 2 is 0.782 bits per heavy atom. The van der Waals surface area contributed by atoms with Crippen LogP contribution in [0.5, 0.6) is 0 Å². The number of aromatic nitrogens is 10. The van der Waals surface area contributed by atoms with Crippen molar-refractivity contribution in [1.82, 2.24) is 114 Å². The van der Waals surface area contributed by atoms with E-state index in [4.69, 9.17) is 88.9 Å². The van der Waals surface area contributed by atoms with Gasteiger partial charge >= 0.3 is 0 Å². The summed E-state index contributed by atoms with van der Waals surface area (Å²) >= 11 is 27.6. The summed E-state index contributed by atoms with van der Waals surface area (Å²) in [6, 6.07) is 21.9. The summed E-state index contributed by atoms with van der Waals surface area (Å²) in [5.74, 6) is 10.2. The molecule has 13 N–H and O–H groups in total. The zero-order valence-electron chi connectivity index (χ0n) is 58.2. The molecule has 5 aliphatic heterocycles. The van der Waals surface area contributed by atoms with Gasteiger partial charge in [-0.2, -0.15) is 27.5 Å². The molecule has 7 aromatic rings. The molecule has 7 aromatic heterocycles. The number of hydrogen-bond donors (Lipinski definition) is 9. The molecule has 0 spiro atoms. The van der Waals surface area contributed by atoms with Gasteiger partial charge in [0.1, 0.15) is 36.1 Å². The van der Waals surface area contributed by atoms with E-state index in [1.165, 1.54) is 13.1 Å². The topological polar surface area (TPSA) is 363 Å². The Morgan fingerprint density at radius 3 is 1.05 bits per heavy atom. The van der Waals surface area contributed by atoms with Gasteiger partial charge in [-0.3, -0.25) is 43.9 Å². The van der Waals surface area contributed by atoms with Crippen LogP contribution in [0.25, 0.3) is 0 Å². The highest BCUT2D eigenvalue weighted by molar-refractivity contribution is 14.1. The number of halogens is 1. The quantitative estimate of drug-likeness (QED) is 0.0174. The van der Waals surface area contributed by atoms with E-state index in [1.54, 1.807) is 150 Å². The number of hydrogen-bond acceptors (Lipinski definition) is 25. The van der Waals surface area contributed by atoms with Crippen molar-refractivity contribution >= 4 is 126 Å². The highest BCUT2D eigenvalue weighted by Crippen LogP contribution is 2.09. The molecule has 0 amide bonds. The Balaban J connectivity index is 0.000000599. The van der Waals surface area contributed by atoms with E-state index in [-0.39, 0.29) is 19.3 Å². The molecule has 12 rings (SSSR count). The highest BCUT2D eigenvalue weighted by Gasteiger charge is 2.20. The van der Waals surface area contributed by atoms with Crippen LogP contribution in [0.1, 0.15) is 35.9 Å². The van der Waals surface area contributed by atoms with E-state index in [9.17, 15) is 4.79 Å². The van der Waals surface area contributed by atoms with Crippen molar-refractivity contribution < 1.29 is 16.8 Å². The van der Waals surface area contributed by atoms with Crippen molar-refractivity contribution in [3.05, 3.63) is 177 Å². The minimum absolute atomic E-state index is 0. The maximum absolute atomic E-state index is 11.7. The standard InChI is InChI=1S/C17H20N6S.C11H8N2O.C9H14N4S.C7H6N4S.2C6H14N4S.C5H12N2.C2H6O.BI.H2N2.H2O.H2/c1-22-10-12-23(13-11-22)17(24)21-20-16(14-6-2-4-8-18-14)15-7-3-5-9-19-15;14-11(9-5-1-3-7-12-9)10-6-2-4-8-13-10;1-11-4-6-12(7-5-11)9(14)13-3-2-10-8-13;12-7(10-3-1-8-5-10)11-4-2-9-6-11;2*1-9-2-4-10(5-3-9)6(11)8-7;1-7-4-2-6-3-5-7;1-2-3;2*1-2;;/h2-9H,10-13H2,1H3,(H,21,24);1-8H;2-3,8H,4-7H2,1H3;1-6H;2*2-5,7H2,1H3,(H,8,11);6H,2-5H2,1H3;3H,2H2,1H3;;1-2H;1H2;1H. The number of pyridine rings is 4. The monoisotopic (exact) mass is 1590 g/mol. The predicted molar refractivity (Wildman–Crippen MR) is 430 cm³/mol. The molecule has 12 heterocycles. The van der Waals surface area contributed by atoms with Gasteiger partial charge in [-0.1, -0.05) is 24.3 Å². The SMILES string of the molecule is CCO.CN1CCN(C(=S)NN)CC1.CN1CCN(C(=S)NN)CC1.CN1CCN(C(=S)NN=C(c2ccccn2)c2ccccn2)CC1.CN1CCN(C(=S)n2ccnc2)CC1.CN1CCNCC1.N=N.O.O=C(c1ccccn1)c1ccccn1.S=C(n1ccnc1)n1ccnc1.[B]I.[HH]. The molecule has 0 bridgehead atoms. The molecule has 5 aliphatic rings. The average Bonchev–Trinajstić information content (AvgIpc) is 0.901. The second kappa shape index (κ2) is 54.3. The molecule has 0 aliphatic carbocycles. The Bertz CT molecular complexity index is 3170. The molecular formula is C63H100BIN28O3S5. The van der Waals surface area contributed by atoms with Crippen LogP contribution in [0.3, 0.4) is 0 Å². The van der Waals surface area contributed by atoms with Crippen LogP contribution in [0.4, 0.5) is 0 Å². The lowest BCUT2D eigenvalue weighted by molar-refractivity contribution is 0.102. The minimum atomic E-state index is -0.147. The second-order valence-electron chi connectivity index (χ2n) is 22.0. The first-order valence-corrected chi connectivity index (χ1v) is 35.2. The largest absolute Gasteiger partial charge is 0.412 e. The maximum atomic E-state index is 11.7. The van der Waals surface area contributed by atoms with Crippen molar-refractivity contribution in [3.63, 3.8) is 0 Å². The molecule has 0 atom stereocenters. The fourth-order valence-electron chi connectivity index (χ4n) is 8.95. The number of nitrogens with two attached hydrogens (primary N) is 2. The van der Waals surface area contributed by atoms with Gasteiger partial charge in [0, 0.05) is 201 Å². The Kier molecular flexibility index (Phi) is 48.3. The number of hydrazine groups is 2. The molecule has 31 nitrogen and oxygen atoms in total. The van der Waals surface area contributed by atoms with Crippen molar-refractivity contribution in [2.24, 2.45) is 16.8 Å². The van der Waals surface area contributed by atoms with E-state index < -0.39 is 0 Å². The van der Waals surface area contributed by atoms with Crippen LogP contribution < -0.4 is 33.3 Å². The summed E-state index contributed by atoms with van der Waals surface area (Å²) in [6.45, 7) is 22.8. The molecule has 5 fully saturated rings. The first-order valence-electron chi connectivity index (χ1n) is 31.9. The van der Waals surface area contributed by atoms with Crippen molar-refractivity contribution in [1.29, 1.82) is 11.1 Å². The van der Waals surface area contributed by atoms with Gasteiger partial charge in [-0.05, 0) is 152 Å². The number of carbonyl (C=O) groups is 1. The molecule has 2 radical (unpaired) electrons. The first kappa shape index (κ1) is 89.7. The third kappa shape index (κ3) is 35.4. The summed E-state index contributed by atoms with van der Waals surface area (Å²) < 4.78 is 5.38. The summed E-state index contributed by atoms with van der Waals surface area (Å²) in [5, 5.41) is 18.8. The molecule has 5 saturated heterocycles. The molecule has 38 heteroatoms. The highest BCUT2D eigenvalue weighted by atomic mass is 127. The molecule has 0 saturated carbocycles. The number of hydrazone groups is 1. The molecule has 101 heavy (non-hydrogen) atoms. The van der Waals surface area contributed by atoms with Crippen molar-refractivity contribution in [2.45, 2.75) is 6.92 Å². The van der Waals surface area contributed by atoms with Gasteiger partial charge < -0.3 is 70.9 Å². The lowest BCUT2D eigenvalue weighted by Crippen LogP contribution is -2.51. The summed E-state index contributed by atoms with van der Waals surface area (Å²) in [5.41, 5.74) is 25.5. The average molecular weight is 1600 g/mol. The lowest BCUT2D eigenvalue weighted by atomic mass is 10.1. The molecule has 0 aromatic carbocycles. The Morgan fingerprint density at radius 1 is 0.495 bits per heavy atom. The van der Waals surface area contributed by atoms with Gasteiger partial charge in [-0.25, -0.2) is 37.7 Å². The van der Waals surface area contributed by atoms with Gasteiger partial charge in [0.25, 0.3) is 0 Å². The number of carbonyl (C=O) groups excluding carboxylic acids is 1. The number of likely N-dealkylation sites (N-methyl/N-ethyl adjacent to an activating group) is 5. The molecule has 550 valence electrons. The Hall–Kier alpha value is -7.39. The number of rotatable bonds is 5. The number of ketones is 1. The number of piperazine rings is 5. The fourth-order valence-corrected chi connectivity index (χ4v) is 10.1. The van der Waals surface area contributed by atoms with Crippen LogP contribution in [0.2, 0.25) is 0 Å². The van der Waals surface area contributed by atoms with Gasteiger partial charge in [0.2, 0.25) is 5.78 Å². The van der Waals surface area contributed by atoms with E-state index in [0.717, 1.165) is 134 Å². The van der Waals surface area contributed by atoms with Crippen LogP contribution in [-0.2, 0) is 0 Å². The number of aliphatic hydroxyl groups is 1. The van der Waals surface area contributed by atoms with E-state index in [0.29, 0.717) is 37.5 Å². The van der Waals surface area contributed by atoms with Gasteiger partial charge in [0.05, 0.1) is 11.4 Å². The van der Waals surface area contributed by atoms with Crippen LogP contribution in [-0.4, -0.2) is 319 Å². The van der Waals surface area contributed by atoms with E-state index >= 15 is 0 Å². The molecule has 0 unspecified atom stereocenters. The van der Waals surface area contributed by atoms with Crippen LogP contribution in [0, 0.1) is 11.1 Å². The lowest BCUT2D eigenvalue weighted by Gasteiger charge is -2.33. The zero-order chi connectivity index (χ0) is 73.3. The summed E-state index contributed by atoms with van der Waals surface area (Å²) in [4.78, 5) is 60.2. The van der Waals surface area contributed by atoms with Crippen molar-refractivity contribution in [3.8, 4) is 0 Å². The number of thiocarbonyl (C=S) groups is 5. The second-order valence-corrected chi connectivity index (χ2v) is 23.9. The number of imidazole rings is 3. The summed E-state index contributed by atoms with van der Waals surface area (Å²) in [6.07, 6.45) is 22.3. The van der Waals surface area contributed by atoms with Crippen molar-refractivity contribution in [2.75, 3.05) is 173 Å². The predicted octanol–water partition coefficient (Wildman–Crippen LogP) is 2.09. The third-order valence-electron chi connectivity index (χ3n) is 14.8. The molecular weight excluding hydrogens is 1490 g/mol. The maximum Gasteiger partial charge on any atom is 0.229 e. The van der Waals surface area contributed by atoms with Crippen LogP contribution in [0.15, 0.2) is 159 Å². The third-order valence-corrected chi connectivity index (χ3v) is 16.8. The number of nitrogens with zero attached hydrogens (tertiary/aromatic N) is 20. The van der Waals surface area contributed by atoms with Gasteiger partial charge in [0.15, 0.2) is 31.3 Å². The number of nitrogens with one attached hydrogen (secondary N) is 6.